The number of hydrogen-bond acceptors (Lipinski definition) is 6. The van der Waals surface area contributed by atoms with Crippen molar-refractivity contribution in [2.45, 2.75) is 10.6 Å². The maximum atomic E-state index is 12.7. The van der Waals surface area contributed by atoms with E-state index in [1.165, 1.54) is 23.0 Å². The summed E-state index contributed by atoms with van der Waals surface area (Å²) in [5.74, 6) is -1.00. The number of ketones is 1. The van der Waals surface area contributed by atoms with E-state index in [1.807, 2.05) is 6.07 Å². The number of halogens is 1. The number of carbonyl (C=O) groups is 1. The van der Waals surface area contributed by atoms with Gasteiger partial charge in [-0.05, 0) is 42.0 Å². The highest BCUT2D eigenvalue weighted by Crippen LogP contribution is 2.26. The zero-order chi connectivity index (χ0) is 21.3. The van der Waals surface area contributed by atoms with Crippen molar-refractivity contribution in [3.63, 3.8) is 0 Å². The number of hydrogen-bond donors (Lipinski definition) is 0. The minimum absolute atomic E-state index is 0.0243. The number of rotatable bonds is 6. The Labute approximate surface area is 181 Å². The van der Waals surface area contributed by atoms with Crippen molar-refractivity contribution in [3.8, 4) is 5.69 Å². The molecule has 0 atom stereocenters. The summed E-state index contributed by atoms with van der Waals surface area (Å²) in [6.07, 6.45) is 1.44. The van der Waals surface area contributed by atoms with Crippen LogP contribution in [-0.2, 0) is 21.1 Å². The first kappa shape index (κ1) is 20.5. The fraction of sp³-hybridized carbons (Fsp3) is 0.0952. The lowest BCUT2D eigenvalue weighted by molar-refractivity contribution is -0.116. The minimum Gasteiger partial charge on any atom is -0.298 e. The van der Waals surface area contributed by atoms with E-state index < -0.39 is 21.4 Å². The van der Waals surface area contributed by atoms with Gasteiger partial charge >= 0.3 is 0 Å². The van der Waals surface area contributed by atoms with Crippen LogP contribution in [-0.4, -0.2) is 29.5 Å². The predicted molar refractivity (Wildman–Crippen MR) is 117 cm³/mol. The number of aromatic nitrogens is 2. The summed E-state index contributed by atoms with van der Waals surface area (Å²) >= 11 is 6.71. The van der Waals surface area contributed by atoms with Gasteiger partial charge in [0.1, 0.15) is 16.3 Å². The molecule has 30 heavy (non-hydrogen) atoms. The van der Waals surface area contributed by atoms with E-state index in [0.717, 1.165) is 11.3 Å². The Bertz CT molecular complexity index is 1410. The van der Waals surface area contributed by atoms with Crippen LogP contribution in [0.5, 0.6) is 0 Å². The summed E-state index contributed by atoms with van der Waals surface area (Å²) in [6, 6.07) is 16.8. The van der Waals surface area contributed by atoms with Gasteiger partial charge < -0.3 is 0 Å². The van der Waals surface area contributed by atoms with Gasteiger partial charge in [0, 0.05) is 6.42 Å². The second-order valence-corrected chi connectivity index (χ2v) is 10.6. The number of fused-ring (bicyclic) bond motifs is 1. The lowest BCUT2D eigenvalue weighted by Crippen LogP contribution is -2.19. The molecule has 6 nitrogen and oxygen atoms in total. The van der Waals surface area contributed by atoms with Crippen LogP contribution in [0.15, 0.2) is 76.0 Å². The molecular weight excluding hydrogens is 444 g/mol. The molecule has 2 aromatic carbocycles. The Balaban J connectivity index is 1.51. The van der Waals surface area contributed by atoms with Gasteiger partial charge in [-0.15, -0.1) is 11.3 Å². The standard InChI is InChI=1S/C21H15ClN2O4S2/c22-19-9-10-20(29-19)30(27,28)12-16(25)11-14-5-7-15(8-6-14)24-13-23-18-4-2-1-3-17(18)21(24)26/h1-10,13H,11-12H2. The van der Waals surface area contributed by atoms with Gasteiger partial charge in [-0.2, -0.15) is 0 Å². The van der Waals surface area contributed by atoms with E-state index in [4.69, 9.17) is 11.6 Å². The van der Waals surface area contributed by atoms with Crippen LogP contribution in [0.2, 0.25) is 4.34 Å². The van der Waals surface area contributed by atoms with Gasteiger partial charge in [-0.1, -0.05) is 35.9 Å². The second kappa shape index (κ2) is 8.14. The van der Waals surface area contributed by atoms with Gasteiger partial charge in [0.15, 0.2) is 15.6 Å². The predicted octanol–water partition coefficient (Wildman–Crippen LogP) is 3.69. The highest BCUT2D eigenvalue weighted by atomic mass is 35.5. The Morgan fingerprint density at radius 2 is 1.77 bits per heavy atom. The van der Waals surface area contributed by atoms with E-state index in [2.05, 4.69) is 4.98 Å². The lowest BCUT2D eigenvalue weighted by atomic mass is 10.1. The van der Waals surface area contributed by atoms with Crippen LogP contribution in [0.3, 0.4) is 0 Å². The third-order valence-electron chi connectivity index (χ3n) is 4.49. The Kier molecular flexibility index (Phi) is 5.55. The Morgan fingerprint density at radius 3 is 2.47 bits per heavy atom. The van der Waals surface area contributed by atoms with Crippen LogP contribution in [0.4, 0.5) is 0 Å². The normalized spacial score (nSPS) is 11.6. The summed E-state index contributed by atoms with van der Waals surface area (Å²) < 4.78 is 26.5. The number of para-hydroxylation sites is 1. The molecule has 0 spiro atoms. The number of sulfone groups is 1. The molecule has 4 aromatic rings. The molecule has 0 bridgehead atoms. The molecule has 152 valence electrons. The summed E-state index contributed by atoms with van der Waals surface area (Å²) in [7, 11) is -3.71. The van der Waals surface area contributed by atoms with E-state index >= 15 is 0 Å². The molecule has 0 fully saturated rings. The van der Waals surface area contributed by atoms with Gasteiger partial charge in [-0.3, -0.25) is 14.2 Å². The topological polar surface area (TPSA) is 86.1 Å². The zero-order valence-electron chi connectivity index (χ0n) is 15.5. The first-order valence-electron chi connectivity index (χ1n) is 8.89. The van der Waals surface area contributed by atoms with Crippen LogP contribution in [0.25, 0.3) is 16.6 Å². The maximum Gasteiger partial charge on any atom is 0.265 e. The highest BCUT2D eigenvalue weighted by molar-refractivity contribution is 7.94. The van der Waals surface area contributed by atoms with Gasteiger partial charge in [0.25, 0.3) is 5.56 Å². The fourth-order valence-electron chi connectivity index (χ4n) is 3.05. The average molecular weight is 459 g/mol. The number of thiophene rings is 1. The first-order valence-corrected chi connectivity index (χ1v) is 11.7. The van der Waals surface area contributed by atoms with Crippen LogP contribution >= 0.6 is 22.9 Å². The molecule has 0 amide bonds. The van der Waals surface area contributed by atoms with Crippen LogP contribution in [0.1, 0.15) is 5.56 Å². The second-order valence-electron chi connectivity index (χ2n) is 6.64. The fourth-order valence-corrected chi connectivity index (χ4v) is 5.87. The molecule has 9 heteroatoms. The van der Waals surface area contributed by atoms with Gasteiger partial charge in [0.05, 0.1) is 20.9 Å². The lowest BCUT2D eigenvalue weighted by Gasteiger charge is -2.08. The largest absolute Gasteiger partial charge is 0.298 e. The van der Waals surface area contributed by atoms with Crippen molar-refractivity contribution in [2.24, 2.45) is 0 Å². The highest BCUT2D eigenvalue weighted by Gasteiger charge is 2.21. The van der Waals surface area contributed by atoms with Gasteiger partial charge in [0.2, 0.25) is 0 Å². The molecule has 0 N–H and O–H groups in total. The van der Waals surface area contributed by atoms with Gasteiger partial charge in [-0.25, -0.2) is 13.4 Å². The number of carbonyl (C=O) groups excluding carboxylic acids is 1. The monoisotopic (exact) mass is 458 g/mol. The Morgan fingerprint density at radius 1 is 1.03 bits per heavy atom. The van der Waals surface area contributed by atoms with Crippen molar-refractivity contribution in [1.82, 2.24) is 9.55 Å². The summed E-state index contributed by atoms with van der Waals surface area (Å²) in [4.78, 5) is 29.3. The molecule has 4 rings (SSSR count). The molecule has 0 saturated heterocycles. The average Bonchev–Trinajstić information content (AvgIpc) is 3.16. The molecular formula is C21H15ClN2O4S2. The minimum atomic E-state index is -3.71. The van der Waals surface area contributed by atoms with E-state index in [0.29, 0.717) is 26.5 Å². The van der Waals surface area contributed by atoms with Crippen LogP contribution < -0.4 is 5.56 Å². The molecule has 0 aliphatic carbocycles. The number of Topliss-reactive ketones (excluding diaryl/α,β-unsaturated/α-hetero) is 1. The molecule has 0 aliphatic heterocycles. The quantitative estimate of drug-likeness (QED) is 0.440. The maximum absolute atomic E-state index is 12.7. The van der Waals surface area contributed by atoms with E-state index in [-0.39, 0.29) is 16.2 Å². The molecule has 0 radical (unpaired) electrons. The first-order chi connectivity index (χ1) is 14.3. The van der Waals surface area contributed by atoms with Crippen molar-refractivity contribution in [1.29, 1.82) is 0 Å². The van der Waals surface area contributed by atoms with E-state index in [9.17, 15) is 18.0 Å². The van der Waals surface area contributed by atoms with Crippen molar-refractivity contribution < 1.29 is 13.2 Å². The third kappa shape index (κ3) is 4.21. The number of benzene rings is 2. The molecule has 0 unspecified atom stereocenters. The SMILES string of the molecule is O=C(Cc1ccc(-n2cnc3ccccc3c2=O)cc1)CS(=O)(=O)c1ccc(Cl)s1. The molecule has 0 aliphatic rings. The summed E-state index contributed by atoms with van der Waals surface area (Å²) in [6.45, 7) is 0. The van der Waals surface area contributed by atoms with Crippen LogP contribution in [0, 0.1) is 0 Å². The molecule has 2 heterocycles. The molecule has 0 saturated carbocycles. The number of nitrogens with zero attached hydrogens (tertiary/aromatic N) is 2. The molecule has 2 aromatic heterocycles. The third-order valence-corrected chi connectivity index (χ3v) is 7.98. The van der Waals surface area contributed by atoms with Crippen molar-refractivity contribution >= 4 is 49.5 Å². The smallest absolute Gasteiger partial charge is 0.265 e. The van der Waals surface area contributed by atoms with Crippen molar-refractivity contribution in [3.05, 3.63) is 87.2 Å². The van der Waals surface area contributed by atoms with Crippen molar-refractivity contribution in [2.75, 3.05) is 5.75 Å². The Hall–Kier alpha value is -2.81. The zero-order valence-corrected chi connectivity index (χ0v) is 17.9. The summed E-state index contributed by atoms with van der Waals surface area (Å²) in [5.41, 5.74) is 1.69. The summed E-state index contributed by atoms with van der Waals surface area (Å²) in [5, 5.41) is 0.512. The van der Waals surface area contributed by atoms with E-state index in [1.54, 1.807) is 42.5 Å².